The van der Waals surface area contributed by atoms with Crippen LogP contribution in [-0.4, -0.2) is 30.2 Å². The first-order valence-electron chi connectivity index (χ1n) is 3.96. The van der Waals surface area contributed by atoms with Gasteiger partial charge in [-0.25, -0.2) is 0 Å². The van der Waals surface area contributed by atoms with Crippen LogP contribution >= 0.6 is 0 Å². The molecule has 0 aliphatic heterocycles. The fraction of sp³-hybridized carbons (Fsp3) is 0.333. The van der Waals surface area contributed by atoms with E-state index in [1.807, 2.05) is 0 Å². The molecule has 0 aliphatic carbocycles. The highest BCUT2D eigenvalue weighted by atomic mass is 16.5. The Labute approximate surface area is 76.8 Å². The van der Waals surface area contributed by atoms with Gasteiger partial charge < -0.3 is 20.3 Å². The zero-order chi connectivity index (χ0) is 9.68. The van der Waals surface area contributed by atoms with Crippen molar-refractivity contribution in [2.75, 3.05) is 19.0 Å². The van der Waals surface area contributed by atoms with Gasteiger partial charge in [0.15, 0.2) is 0 Å². The molecule has 0 radical (unpaired) electrons. The van der Waals surface area contributed by atoms with Gasteiger partial charge in [0.05, 0.1) is 13.7 Å². The molecule has 72 valence electrons. The minimum atomic E-state index is -0.923. The number of rotatable bonds is 4. The molecule has 0 saturated carbocycles. The molecule has 0 spiro atoms. The summed E-state index contributed by atoms with van der Waals surface area (Å²) in [6, 6.07) is 7.06. The van der Waals surface area contributed by atoms with Crippen LogP contribution < -0.4 is 10.1 Å². The molecule has 0 heterocycles. The molecule has 0 saturated heterocycles. The second-order valence-corrected chi connectivity index (χ2v) is 2.57. The Morgan fingerprint density at radius 2 is 2.00 bits per heavy atom. The fourth-order valence-corrected chi connectivity index (χ4v) is 0.925. The van der Waals surface area contributed by atoms with E-state index < -0.39 is 6.23 Å². The van der Waals surface area contributed by atoms with Crippen LogP contribution in [0.1, 0.15) is 0 Å². The predicted octanol–water partition coefficient (Wildman–Crippen LogP) is 0.418. The van der Waals surface area contributed by atoms with Gasteiger partial charge in [0.1, 0.15) is 12.0 Å². The smallest absolute Gasteiger partial charge is 0.147 e. The van der Waals surface area contributed by atoms with E-state index in [9.17, 15) is 0 Å². The van der Waals surface area contributed by atoms with Crippen LogP contribution in [0.25, 0.3) is 0 Å². The summed E-state index contributed by atoms with van der Waals surface area (Å²) in [5, 5.41) is 20.3. The number of benzene rings is 1. The maximum atomic E-state index is 9.05. The Bertz CT molecular complexity index is 248. The Kier molecular flexibility index (Phi) is 3.54. The van der Waals surface area contributed by atoms with Crippen molar-refractivity contribution in [2.45, 2.75) is 6.23 Å². The molecule has 4 nitrogen and oxygen atoms in total. The van der Waals surface area contributed by atoms with Gasteiger partial charge in [-0.15, -0.1) is 0 Å². The number of nitrogens with one attached hydrogen (secondary N) is 1. The minimum Gasteiger partial charge on any atom is -0.497 e. The molecule has 0 aromatic heterocycles. The summed E-state index contributed by atoms with van der Waals surface area (Å²) in [5.41, 5.74) is 0.738. The lowest BCUT2D eigenvalue weighted by atomic mass is 10.3. The highest BCUT2D eigenvalue weighted by molar-refractivity contribution is 5.46. The summed E-state index contributed by atoms with van der Waals surface area (Å²) in [6.45, 7) is -0.313. The van der Waals surface area contributed by atoms with Crippen LogP contribution in [0, 0.1) is 0 Å². The van der Waals surface area contributed by atoms with Crippen molar-refractivity contribution in [1.82, 2.24) is 0 Å². The van der Waals surface area contributed by atoms with E-state index in [4.69, 9.17) is 14.9 Å². The second kappa shape index (κ2) is 4.69. The zero-order valence-electron chi connectivity index (χ0n) is 7.40. The van der Waals surface area contributed by atoms with Crippen molar-refractivity contribution >= 4 is 5.69 Å². The summed E-state index contributed by atoms with van der Waals surface area (Å²) >= 11 is 0. The molecule has 1 unspecified atom stereocenters. The van der Waals surface area contributed by atoms with E-state index in [0.29, 0.717) is 0 Å². The third-order valence-corrected chi connectivity index (χ3v) is 1.60. The first-order chi connectivity index (χ1) is 6.26. The van der Waals surface area contributed by atoms with E-state index in [0.717, 1.165) is 11.4 Å². The van der Waals surface area contributed by atoms with Crippen LogP contribution in [0.2, 0.25) is 0 Å². The van der Waals surface area contributed by atoms with Crippen LogP contribution in [-0.2, 0) is 0 Å². The van der Waals surface area contributed by atoms with Gasteiger partial charge in [-0.3, -0.25) is 0 Å². The van der Waals surface area contributed by atoms with E-state index in [1.165, 1.54) is 0 Å². The fourth-order valence-electron chi connectivity index (χ4n) is 0.925. The molecule has 3 N–H and O–H groups in total. The molecule has 1 rings (SSSR count). The first kappa shape index (κ1) is 9.83. The van der Waals surface area contributed by atoms with E-state index in [2.05, 4.69) is 5.32 Å². The van der Waals surface area contributed by atoms with Gasteiger partial charge in [0.2, 0.25) is 0 Å². The molecule has 4 heteroatoms. The van der Waals surface area contributed by atoms with Gasteiger partial charge in [0, 0.05) is 5.69 Å². The number of hydrogen-bond acceptors (Lipinski definition) is 4. The Morgan fingerprint density at radius 3 is 2.46 bits per heavy atom. The third kappa shape index (κ3) is 2.93. The lowest BCUT2D eigenvalue weighted by Gasteiger charge is -2.11. The van der Waals surface area contributed by atoms with Gasteiger partial charge in [-0.1, -0.05) is 0 Å². The summed E-state index contributed by atoms with van der Waals surface area (Å²) in [4.78, 5) is 0. The van der Waals surface area contributed by atoms with Crippen LogP contribution in [0.5, 0.6) is 5.75 Å². The summed E-state index contributed by atoms with van der Waals surface area (Å²) in [7, 11) is 1.59. The van der Waals surface area contributed by atoms with E-state index in [-0.39, 0.29) is 6.61 Å². The molecule has 0 bridgehead atoms. The van der Waals surface area contributed by atoms with Crippen LogP contribution in [0.3, 0.4) is 0 Å². The summed E-state index contributed by atoms with van der Waals surface area (Å²) < 4.78 is 4.96. The molecule has 13 heavy (non-hydrogen) atoms. The average molecular weight is 183 g/mol. The van der Waals surface area contributed by atoms with Gasteiger partial charge in [0.25, 0.3) is 0 Å². The monoisotopic (exact) mass is 183 g/mol. The third-order valence-electron chi connectivity index (χ3n) is 1.60. The van der Waals surface area contributed by atoms with Gasteiger partial charge in [-0.2, -0.15) is 0 Å². The van der Waals surface area contributed by atoms with Gasteiger partial charge >= 0.3 is 0 Å². The maximum Gasteiger partial charge on any atom is 0.147 e. The van der Waals surface area contributed by atoms with E-state index >= 15 is 0 Å². The normalized spacial score (nSPS) is 12.2. The van der Waals surface area contributed by atoms with Crippen LogP contribution in [0.4, 0.5) is 5.69 Å². The van der Waals surface area contributed by atoms with Crippen molar-refractivity contribution in [2.24, 2.45) is 0 Å². The Hall–Kier alpha value is -1.26. The zero-order valence-corrected chi connectivity index (χ0v) is 7.40. The molecule has 1 atom stereocenters. The summed E-state index contributed by atoms with van der Waals surface area (Å²) in [6.07, 6.45) is -0.923. The topological polar surface area (TPSA) is 61.7 Å². The second-order valence-electron chi connectivity index (χ2n) is 2.57. The molecule has 1 aromatic rings. The van der Waals surface area contributed by atoms with Crippen molar-refractivity contribution < 1.29 is 14.9 Å². The molecular weight excluding hydrogens is 170 g/mol. The lowest BCUT2D eigenvalue weighted by Crippen LogP contribution is -2.22. The quantitative estimate of drug-likeness (QED) is 0.592. The van der Waals surface area contributed by atoms with Gasteiger partial charge in [-0.05, 0) is 24.3 Å². The van der Waals surface area contributed by atoms with Crippen molar-refractivity contribution in [3.05, 3.63) is 24.3 Å². The maximum absolute atomic E-state index is 9.05. The van der Waals surface area contributed by atoms with Crippen molar-refractivity contribution in [3.8, 4) is 5.75 Å². The molecule has 0 fully saturated rings. The number of hydrogen-bond donors (Lipinski definition) is 3. The summed E-state index contributed by atoms with van der Waals surface area (Å²) in [5.74, 6) is 0.754. The average Bonchev–Trinajstić information content (AvgIpc) is 2.19. The van der Waals surface area contributed by atoms with E-state index in [1.54, 1.807) is 31.4 Å². The lowest BCUT2D eigenvalue weighted by molar-refractivity contribution is 0.117. The molecule has 0 aliphatic rings. The molecular formula is C9H13NO3. The number of ether oxygens (including phenoxy) is 1. The molecule has 0 amide bonds. The number of aliphatic hydroxyl groups excluding tert-OH is 2. The minimum absolute atomic E-state index is 0.313. The first-order valence-corrected chi connectivity index (χ1v) is 3.96. The SMILES string of the molecule is COc1ccc(NC(O)CO)cc1. The van der Waals surface area contributed by atoms with Crippen molar-refractivity contribution in [3.63, 3.8) is 0 Å². The number of methoxy groups -OCH3 is 1. The predicted molar refractivity (Wildman–Crippen MR) is 49.7 cm³/mol. The van der Waals surface area contributed by atoms with Crippen LogP contribution in [0.15, 0.2) is 24.3 Å². The standard InChI is InChI=1S/C9H13NO3/c1-13-8-4-2-7(3-5-8)10-9(12)6-11/h2-5,9-12H,6H2,1H3. The number of aliphatic hydroxyl groups is 2. The Morgan fingerprint density at radius 1 is 1.38 bits per heavy atom. The molecule has 1 aromatic carbocycles. The number of anilines is 1. The Balaban J connectivity index is 2.58. The highest BCUT2D eigenvalue weighted by Gasteiger charge is 2.00. The largest absolute Gasteiger partial charge is 0.497 e. The van der Waals surface area contributed by atoms with Crippen molar-refractivity contribution in [1.29, 1.82) is 0 Å². The highest BCUT2D eigenvalue weighted by Crippen LogP contribution is 2.15.